The number of aromatic nitrogens is 5. The van der Waals surface area contributed by atoms with Crippen LogP contribution in [0.2, 0.25) is 0 Å². The summed E-state index contributed by atoms with van der Waals surface area (Å²) in [6.45, 7) is 8.92. The number of aryl methyl sites for hydroxylation is 1. The van der Waals surface area contributed by atoms with Gasteiger partial charge in [0.05, 0.1) is 11.4 Å². The largest absolute Gasteiger partial charge is 0.340 e. The normalized spacial score (nSPS) is 17.1. The first kappa shape index (κ1) is 20.1. The van der Waals surface area contributed by atoms with Crippen molar-refractivity contribution in [3.63, 3.8) is 0 Å². The third-order valence-corrected chi connectivity index (χ3v) is 5.52. The maximum atomic E-state index is 12.7. The van der Waals surface area contributed by atoms with E-state index in [2.05, 4.69) is 36.0 Å². The lowest BCUT2D eigenvalue weighted by atomic mass is 9.93. The molecule has 4 heterocycles. The fourth-order valence-corrected chi connectivity index (χ4v) is 3.72. The van der Waals surface area contributed by atoms with Gasteiger partial charge < -0.3 is 4.90 Å². The number of nitrogens with one attached hydrogen (secondary N) is 1. The highest BCUT2D eigenvalue weighted by atomic mass is 16.2. The molecule has 30 heavy (non-hydrogen) atoms. The highest BCUT2D eigenvalue weighted by Gasteiger charge is 2.29. The molecule has 1 aliphatic rings. The number of carbonyl (C=O) groups is 1. The molecule has 1 saturated heterocycles. The van der Waals surface area contributed by atoms with E-state index in [0.717, 1.165) is 12.1 Å². The van der Waals surface area contributed by atoms with E-state index in [9.17, 15) is 14.4 Å². The molecule has 1 N–H and O–H groups in total. The van der Waals surface area contributed by atoms with Crippen LogP contribution in [-0.2, 0) is 16.8 Å². The first-order chi connectivity index (χ1) is 14.1. The second-order valence-electron chi connectivity index (χ2n) is 8.93. The quantitative estimate of drug-likeness (QED) is 0.699. The third kappa shape index (κ3) is 3.79. The lowest BCUT2D eigenvalue weighted by Crippen LogP contribution is -2.36. The zero-order chi connectivity index (χ0) is 21.6. The Labute approximate surface area is 173 Å². The van der Waals surface area contributed by atoms with Crippen LogP contribution in [0.25, 0.3) is 5.65 Å². The van der Waals surface area contributed by atoms with Crippen LogP contribution in [0.3, 0.4) is 0 Å². The lowest BCUT2D eigenvalue weighted by Gasteiger charge is -2.17. The Bertz CT molecular complexity index is 1230. The van der Waals surface area contributed by atoms with Crippen molar-refractivity contribution < 1.29 is 4.79 Å². The van der Waals surface area contributed by atoms with E-state index >= 15 is 0 Å². The molecule has 3 aromatic heterocycles. The van der Waals surface area contributed by atoms with Gasteiger partial charge in [0.2, 0.25) is 5.91 Å². The minimum absolute atomic E-state index is 0.0122. The number of hydrogen-bond donors (Lipinski definition) is 1. The van der Waals surface area contributed by atoms with Crippen molar-refractivity contribution >= 4 is 11.6 Å². The number of rotatable bonds is 3. The van der Waals surface area contributed by atoms with Gasteiger partial charge in [-0.1, -0.05) is 20.8 Å². The summed E-state index contributed by atoms with van der Waals surface area (Å²) in [6, 6.07) is 6.49. The molecule has 3 aromatic rings. The van der Waals surface area contributed by atoms with Crippen molar-refractivity contribution in [3.05, 3.63) is 62.1 Å². The molecule has 1 atom stereocenters. The van der Waals surface area contributed by atoms with Gasteiger partial charge in [-0.15, -0.1) is 0 Å². The van der Waals surface area contributed by atoms with Crippen LogP contribution in [0.15, 0.2) is 33.9 Å². The van der Waals surface area contributed by atoms with E-state index in [1.165, 1.54) is 15.3 Å². The molecule has 1 aliphatic heterocycles. The first-order valence-electron chi connectivity index (χ1n) is 10.1. The smallest absolute Gasteiger partial charge is 0.272 e. The first-order valence-corrected chi connectivity index (χ1v) is 10.1. The van der Waals surface area contributed by atoms with Crippen LogP contribution in [0.1, 0.15) is 50.2 Å². The van der Waals surface area contributed by atoms with Crippen molar-refractivity contribution in [2.45, 2.75) is 52.0 Å². The maximum absolute atomic E-state index is 12.7. The number of H-pyrrole nitrogens is 1. The Morgan fingerprint density at radius 2 is 1.97 bits per heavy atom. The van der Waals surface area contributed by atoms with E-state index in [4.69, 9.17) is 0 Å². The van der Waals surface area contributed by atoms with Crippen LogP contribution < -0.4 is 11.1 Å². The Balaban J connectivity index is 1.53. The van der Waals surface area contributed by atoms with E-state index in [1.54, 1.807) is 24.0 Å². The molecular formula is C21H26N6O3. The zero-order valence-electron chi connectivity index (χ0n) is 17.7. The Kier molecular flexibility index (Phi) is 4.83. The number of likely N-dealkylation sites (tertiary alicyclic amines) is 1. The van der Waals surface area contributed by atoms with Crippen molar-refractivity contribution in [2.24, 2.45) is 0 Å². The van der Waals surface area contributed by atoms with Gasteiger partial charge in [0, 0.05) is 48.3 Å². The van der Waals surface area contributed by atoms with Gasteiger partial charge in [-0.3, -0.25) is 19.5 Å². The van der Waals surface area contributed by atoms with Crippen LogP contribution in [0.4, 0.5) is 0 Å². The third-order valence-electron chi connectivity index (χ3n) is 5.52. The fourth-order valence-electron chi connectivity index (χ4n) is 3.72. The number of carbonyl (C=O) groups excluding carboxylic acids is 1. The molecular weight excluding hydrogens is 384 g/mol. The second-order valence-corrected chi connectivity index (χ2v) is 8.93. The standard InChI is InChI=1S/C21H26N6O3/c1-13-5-6-18(28)26(23-13)12-20(30)25-8-7-14(11-25)15-9-19(29)27-17(22-15)10-16(24-27)21(2,3)4/h5-6,9-10,14,24H,7-8,11-12H2,1-4H3/t14-/m1/s1. The van der Waals surface area contributed by atoms with Gasteiger partial charge in [0.1, 0.15) is 6.54 Å². The fraction of sp³-hybridized carbons (Fsp3) is 0.476. The van der Waals surface area contributed by atoms with Gasteiger partial charge >= 0.3 is 0 Å². The van der Waals surface area contributed by atoms with E-state index in [0.29, 0.717) is 30.1 Å². The molecule has 0 bridgehead atoms. The van der Waals surface area contributed by atoms with Gasteiger partial charge in [-0.05, 0) is 19.4 Å². The Hall–Kier alpha value is -3.23. The number of hydrogen-bond acceptors (Lipinski definition) is 5. The summed E-state index contributed by atoms with van der Waals surface area (Å²) < 4.78 is 2.65. The minimum Gasteiger partial charge on any atom is -0.340 e. The molecule has 1 amide bonds. The molecule has 9 heteroatoms. The molecule has 0 radical (unpaired) electrons. The number of fused-ring (bicyclic) bond motifs is 1. The van der Waals surface area contributed by atoms with E-state index < -0.39 is 0 Å². The predicted molar refractivity (Wildman–Crippen MR) is 112 cm³/mol. The average Bonchev–Trinajstić information content (AvgIpc) is 3.31. The van der Waals surface area contributed by atoms with Gasteiger partial charge in [0.25, 0.3) is 11.1 Å². The average molecular weight is 410 g/mol. The Morgan fingerprint density at radius 1 is 1.20 bits per heavy atom. The summed E-state index contributed by atoms with van der Waals surface area (Å²) in [6.07, 6.45) is 0.723. The zero-order valence-corrected chi connectivity index (χ0v) is 17.7. The molecule has 158 valence electrons. The SMILES string of the molecule is Cc1ccc(=O)n(CC(=O)N2CC[C@@H](c3cc(=O)n4[nH]c(C(C)(C)C)cc4n3)C2)n1. The molecule has 0 unspecified atom stereocenters. The summed E-state index contributed by atoms with van der Waals surface area (Å²) in [5, 5.41) is 7.25. The van der Waals surface area contributed by atoms with Gasteiger partial charge in [0.15, 0.2) is 5.65 Å². The lowest BCUT2D eigenvalue weighted by molar-refractivity contribution is -0.131. The summed E-state index contributed by atoms with van der Waals surface area (Å²) in [5.74, 6) is -0.172. The highest BCUT2D eigenvalue weighted by molar-refractivity contribution is 5.76. The molecule has 9 nitrogen and oxygen atoms in total. The number of amides is 1. The van der Waals surface area contributed by atoms with Crippen LogP contribution in [-0.4, -0.2) is 48.3 Å². The summed E-state index contributed by atoms with van der Waals surface area (Å²) in [5.41, 5.74) is 2.31. The molecule has 0 spiro atoms. The van der Waals surface area contributed by atoms with Gasteiger partial charge in [-0.2, -0.15) is 5.10 Å². The number of nitrogens with zero attached hydrogens (tertiary/aromatic N) is 5. The number of aromatic amines is 1. The molecule has 0 aromatic carbocycles. The molecule has 0 saturated carbocycles. The van der Waals surface area contributed by atoms with E-state index in [1.807, 2.05) is 6.07 Å². The van der Waals surface area contributed by atoms with Crippen LogP contribution in [0.5, 0.6) is 0 Å². The van der Waals surface area contributed by atoms with Crippen molar-refractivity contribution in [1.29, 1.82) is 0 Å². The van der Waals surface area contributed by atoms with Crippen molar-refractivity contribution in [3.8, 4) is 0 Å². The monoisotopic (exact) mass is 410 g/mol. The minimum atomic E-state index is -0.299. The summed E-state index contributed by atoms with van der Waals surface area (Å²) in [7, 11) is 0. The summed E-state index contributed by atoms with van der Waals surface area (Å²) in [4.78, 5) is 43.6. The molecule has 0 aliphatic carbocycles. The Morgan fingerprint density at radius 3 is 2.70 bits per heavy atom. The molecule has 4 rings (SSSR count). The van der Waals surface area contributed by atoms with Crippen molar-refractivity contribution in [1.82, 2.24) is 29.3 Å². The van der Waals surface area contributed by atoms with Crippen molar-refractivity contribution in [2.75, 3.05) is 13.1 Å². The molecule has 1 fully saturated rings. The second kappa shape index (κ2) is 7.23. The highest BCUT2D eigenvalue weighted by Crippen LogP contribution is 2.26. The topological polar surface area (TPSA) is 105 Å². The maximum Gasteiger partial charge on any atom is 0.272 e. The van der Waals surface area contributed by atoms with E-state index in [-0.39, 0.29) is 34.9 Å². The summed E-state index contributed by atoms with van der Waals surface area (Å²) >= 11 is 0. The van der Waals surface area contributed by atoms with Crippen LogP contribution >= 0.6 is 0 Å². The van der Waals surface area contributed by atoms with Crippen LogP contribution in [0, 0.1) is 6.92 Å². The predicted octanol–water partition coefficient (Wildman–Crippen LogP) is 1.20. The van der Waals surface area contributed by atoms with Gasteiger partial charge in [-0.25, -0.2) is 14.2 Å².